The Hall–Kier alpha value is -0.0800. The number of guanidine groups is 1. The van der Waals surface area contributed by atoms with Crippen LogP contribution >= 0.6 is 24.0 Å². The molecule has 3 N–H and O–H groups in total. The van der Waals surface area contributed by atoms with E-state index in [0.717, 1.165) is 38.2 Å². The smallest absolute Gasteiger partial charge is 0.191 e. The molecule has 6 heteroatoms. The second-order valence-corrected chi connectivity index (χ2v) is 7.10. The van der Waals surface area contributed by atoms with E-state index in [1.807, 2.05) is 6.92 Å². The summed E-state index contributed by atoms with van der Waals surface area (Å²) in [7, 11) is 1.74. The van der Waals surface area contributed by atoms with Crippen molar-refractivity contribution < 1.29 is 9.84 Å². The molecule has 0 aliphatic heterocycles. The summed E-state index contributed by atoms with van der Waals surface area (Å²) in [5.74, 6) is 0.754. The first-order valence-electron chi connectivity index (χ1n) is 8.08. The minimum atomic E-state index is -0.604. The molecule has 0 aromatic heterocycles. The van der Waals surface area contributed by atoms with E-state index in [4.69, 9.17) is 4.74 Å². The van der Waals surface area contributed by atoms with Gasteiger partial charge in [-0.2, -0.15) is 0 Å². The third kappa shape index (κ3) is 7.46. The lowest BCUT2D eigenvalue weighted by molar-refractivity contribution is 0.0204. The van der Waals surface area contributed by atoms with Crippen molar-refractivity contribution in [2.45, 2.75) is 65.1 Å². The quantitative estimate of drug-likeness (QED) is 0.346. The van der Waals surface area contributed by atoms with Gasteiger partial charge in [0.05, 0.1) is 18.2 Å². The molecule has 0 aromatic rings. The van der Waals surface area contributed by atoms with Crippen molar-refractivity contribution >= 4 is 29.9 Å². The largest absolute Gasteiger partial charge is 0.388 e. The number of aliphatic imine (C=N–C) groups is 1. The van der Waals surface area contributed by atoms with E-state index in [1.54, 1.807) is 7.11 Å². The molecular formula is C16H34IN3O2. The fourth-order valence-electron chi connectivity index (χ4n) is 2.69. The number of hydrogen-bond acceptors (Lipinski definition) is 3. The van der Waals surface area contributed by atoms with Gasteiger partial charge >= 0.3 is 0 Å². The molecule has 1 atom stereocenters. The zero-order valence-electron chi connectivity index (χ0n) is 14.7. The highest BCUT2D eigenvalue weighted by molar-refractivity contribution is 14.0. The van der Waals surface area contributed by atoms with Gasteiger partial charge in [-0.15, -0.1) is 24.0 Å². The number of ether oxygens (including phenoxy) is 1. The van der Waals surface area contributed by atoms with Crippen LogP contribution in [0.3, 0.4) is 0 Å². The summed E-state index contributed by atoms with van der Waals surface area (Å²) in [6.07, 6.45) is 4.03. The second kappa shape index (κ2) is 9.93. The number of halogens is 1. The van der Waals surface area contributed by atoms with Crippen molar-refractivity contribution in [1.82, 2.24) is 10.6 Å². The maximum absolute atomic E-state index is 10.4. The van der Waals surface area contributed by atoms with Crippen LogP contribution in [0.1, 0.15) is 53.4 Å². The Morgan fingerprint density at radius 3 is 2.32 bits per heavy atom. The van der Waals surface area contributed by atoms with Gasteiger partial charge in [0.15, 0.2) is 5.96 Å². The van der Waals surface area contributed by atoms with Gasteiger partial charge in [-0.3, -0.25) is 4.99 Å². The summed E-state index contributed by atoms with van der Waals surface area (Å²) in [5, 5.41) is 16.9. The van der Waals surface area contributed by atoms with Crippen molar-refractivity contribution in [3.8, 4) is 0 Å². The van der Waals surface area contributed by atoms with Crippen LogP contribution in [0.15, 0.2) is 4.99 Å². The highest BCUT2D eigenvalue weighted by atomic mass is 127. The molecule has 0 heterocycles. The molecule has 1 aliphatic carbocycles. The fraction of sp³-hybridized carbons (Fsp3) is 0.938. The molecule has 1 saturated carbocycles. The van der Waals surface area contributed by atoms with Crippen molar-refractivity contribution in [2.75, 3.05) is 26.7 Å². The maximum atomic E-state index is 10.4. The average Bonchev–Trinajstić information content (AvgIpc) is 2.82. The van der Waals surface area contributed by atoms with Crippen molar-refractivity contribution in [3.63, 3.8) is 0 Å². The highest BCUT2D eigenvalue weighted by Gasteiger charge is 2.31. The van der Waals surface area contributed by atoms with Gasteiger partial charge in [-0.05, 0) is 25.2 Å². The first-order valence-corrected chi connectivity index (χ1v) is 8.08. The summed E-state index contributed by atoms with van der Waals surface area (Å²) in [5.41, 5.74) is -0.532. The molecule has 5 nitrogen and oxygen atoms in total. The number of aliphatic hydroxyl groups is 1. The highest BCUT2D eigenvalue weighted by Crippen LogP contribution is 2.29. The standard InChI is InChI=1S/C16H33N3O2.HI/c1-6-17-14(18-11-13(21-5)15(2,3)4)19-12-16(20)9-7-8-10-16;/h13,20H,6-12H2,1-5H3,(H2,17,18,19);1H. The molecule has 1 aliphatic rings. The lowest BCUT2D eigenvalue weighted by Crippen LogP contribution is -2.46. The Bertz CT molecular complexity index is 337. The molecule has 1 unspecified atom stereocenters. The lowest BCUT2D eigenvalue weighted by atomic mass is 9.89. The van der Waals surface area contributed by atoms with Crippen LogP contribution in [0.5, 0.6) is 0 Å². The number of methoxy groups -OCH3 is 1. The van der Waals surface area contributed by atoms with E-state index < -0.39 is 5.60 Å². The third-order valence-corrected chi connectivity index (χ3v) is 4.12. The van der Waals surface area contributed by atoms with Crippen LogP contribution in [0, 0.1) is 5.41 Å². The Kier molecular flexibility index (Phi) is 9.89. The van der Waals surface area contributed by atoms with Gasteiger partial charge in [-0.25, -0.2) is 0 Å². The molecule has 0 aromatic carbocycles. The topological polar surface area (TPSA) is 65.9 Å². The van der Waals surface area contributed by atoms with E-state index in [2.05, 4.69) is 36.4 Å². The van der Waals surface area contributed by atoms with Crippen LogP contribution in [-0.4, -0.2) is 49.5 Å². The van der Waals surface area contributed by atoms with E-state index in [1.165, 1.54) is 0 Å². The van der Waals surface area contributed by atoms with Crippen LogP contribution in [0.2, 0.25) is 0 Å². The summed E-state index contributed by atoms with van der Waals surface area (Å²) in [6.45, 7) is 10.5. The number of nitrogens with one attached hydrogen (secondary N) is 2. The van der Waals surface area contributed by atoms with Gasteiger partial charge in [0.1, 0.15) is 0 Å². The van der Waals surface area contributed by atoms with Crippen LogP contribution < -0.4 is 10.6 Å². The molecule has 0 spiro atoms. The summed E-state index contributed by atoms with van der Waals surface area (Å²) >= 11 is 0. The van der Waals surface area contributed by atoms with Crippen LogP contribution in [-0.2, 0) is 4.74 Å². The average molecular weight is 427 g/mol. The Balaban J connectivity index is 0.00000441. The molecule has 1 fully saturated rings. The fourth-order valence-corrected chi connectivity index (χ4v) is 2.69. The predicted octanol–water partition coefficient (Wildman–Crippen LogP) is 2.53. The summed E-state index contributed by atoms with van der Waals surface area (Å²) in [6, 6.07) is 0. The number of rotatable bonds is 6. The molecule has 1 rings (SSSR count). The third-order valence-electron chi connectivity index (χ3n) is 4.12. The zero-order chi connectivity index (χ0) is 15.9. The normalized spacial score (nSPS) is 19.5. The minimum Gasteiger partial charge on any atom is -0.388 e. The van der Waals surface area contributed by atoms with Gasteiger partial charge < -0.3 is 20.5 Å². The predicted molar refractivity (Wildman–Crippen MR) is 103 cm³/mol. The Morgan fingerprint density at radius 1 is 1.27 bits per heavy atom. The van der Waals surface area contributed by atoms with Crippen molar-refractivity contribution in [2.24, 2.45) is 10.4 Å². The van der Waals surface area contributed by atoms with E-state index in [-0.39, 0.29) is 35.5 Å². The molecular weight excluding hydrogens is 393 g/mol. The lowest BCUT2D eigenvalue weighted by Gasteiger charge is -2.30. The van der Waals surface area contributed by atoms with Gasteiger partial charge in [0, 0.05) is 20.2 Å². The first-order chi connectivity index (χ1) is 9.80. The van der Waals surface area contributed by atoms with Gasteiger partial charge in [0.2, 0.25) is 0 Å². The summed E-state index contributed by atoms with van der Waals surface area (Å²) in [4.78, 5) is 4.54. The van der Waals surface area contributed by atoms with Crippen LogP contribution in [0.4, 0.5) is 0 Å². The molecule has 0 bridgehead atoms. The van der Waals surface area contributed by atoms with E-state index in [9.17, 15) is 5.11 Å². The van der Waals surface area contributed by atoms with E-state index >= 15 is 0 Å². The van der Waals surface area contributed by atoms with Gasteiger partial charge in [0.25, 0.3) is 0 Å². The van der Waals surface area contributed by atoms with Crippen molar-refractivity contribution in [3.05, 3.63) is 0 Å². The molecule has 0 radical (unpaired) electrons. The maximum Gasteiger partial charge on any atom is 0.191 e. The monoisotopic (exact) mass is 427 g/mol. The minimum absolute atomic E-state index is 0. The van der Waals surface area contributed by atoms with Crippen molar-refractivity contribution in [1.29, 1.82) is 0 Å². The van der Waals surface area contributed by atoms with Crippen LogP contribution in [0.25, 0.3) is 0 Å². The number of nitrogens with zero attached hydrogens (tertiary/aromatic N) is 1. The van der Waals surface area contributed by atoms with Gasteiger partial charge in [-0.1, -0.05) is 33.6 Å². The zero-order valence-corrected chi connectivity index (χ0v) is 17.1. The molecule has 0 saturated heterocycles. The molecule has 132 valence electrons. The SMILES string of the molecule is CCNC(=NCC1(O)CCCC1)NCC(OC)C(C)(C)C.I. The number of hydrogen-bond donors (Lipinski definition) is 3. The summed E-state index contributed by atoms with van der Waals surface area (Å²) < 4.78 is 5.55. The first kappa shape index (κ1) is 21.9. The Labute approximate surface area is 152 Å². The molecule has 22 heavy (non-hydrogen) atoms. The Morgan fingerprint density at radius 2 is 1.86 bits per heavy atom. The van der Waals surface area contributed by atoms with E-state index in [0.29, 0.717) is 13.1 Å². The second-order valence-electron chi connectivity index (χ2n) is 7.10. The molecule has 0 amide bonds.